The molecule has 2 atom stereocenters. The van der Waals surface area contributed by atoms with Crippen LogP contribution in [0.15, 0.2) is 0 Å². The Morgan fingerprint density at radius 3 is 2.11 bits per heavy atom. The minimum atomic E-state index is -0.337. The molecular weight excluding hydrogens is 236 g/mol. The molecule has 4 aliphatic rings. The molecule has 0 spiro atoms. The van der Waals surface area contributed by atoms with E-state index >= 15 is 0 Å². The van der Waals surface area contributed by atoms with Crippen LogP contribution in [0, 0.1) is 23.2 Å². The van der Waals surface area contributed by atoms with Crippen molar-refractivity contribution in [3.8, 4) is 0 Å². The molecule has 4 saturated carbocycles. The Hall–Kier alpha value is -0.570. The molecule has 3 nitrogen and oxygen atoms in total. The molecule has 1 unspecified atom stereocenters. The van der Waals surface area contributed by atoms with Crippen molar-refractivity contribution in [3.05, 3.63) is 0 Å². The van der Waals surface area contributed by atoms with Gasteiger partial charge < -0.3 is 11.1 Å². The average molecular weight is 264 g/mol. The van der Waals surface area contributed by atoms with Crippen LogP contribution < -0.4 is 11.1 Å². The van der Waals surface area contributed by atoms with Crippen molar-refractivity contribution in [2.45, 2.75) is 70.9 Å². The molecule has 108 valence electrons. The number of nitrogens with two attached hydrogens (primary N) is 1. The van der Waals surface area contributed by atoms with E-state index in [1.165, 1.54) is 38.5 Å². The van der Waals surface area contributed by atoms with Crippen molar-refractivity contribution in [2.75, 3.05) is 0 Å². The lowest BCUT2D eigenvalue weighted by Crippen LogP contribution is -2.57. The van der Waals surface area contributed by atoms with E-state index in [1.807, 2.05) is 6.92 Å². The van der Waals surface area contributed by atoms with E-state index in [0.29, 0.717) is 11.5 Å². The summed E-state index contributed by atoms with van der Waals surface area (Å²) in [5.41, 5.74) is 6.23. The SMILES string of the molecule is CC[C@@H](N)C(=O)NC(C)C12CC3CC(CC(C3)C1)C2. The summed E-state index contributed by atoms with van der Waals surface area (Å²) in [5, 5.41) is 3.22. The predicted octanol–water partition coefficient (Wildman–Crippen LogP) is 2.44. The molecule has 4 rings (SSSR count). The number of nitrogens with one attached hydrogen (secondary N) is 1. The van der Waals surface area contributed by atoms with Crippen LogP contribution in [0.5, 0.6) is 0 Å². The van der Waals surface area contributed by atoms with Crippen LogP contribution in [0.2, 0.25) is 0 Å². The number of amides is 1. The molecule has 4 aliphatic carbocycles. The minimum Gasteiger partial charge on any atom is -0.352 e. The first-order valence-electron chi connectivity index (χ1n) is 8.08. The zero-order valence-corrected chi connectivity index (χ0v) is 12.3. The van der Waals surface area contributed by atoms with Gasteiger partial charge in [0.1, 0.15) is 0 Å². The molecule has 0 radical (unpaired) electrons. The third-order valence-electron chi connectivity index (χ3n) is 6.14. The predicted molar refractivity (Wildman–Crippen MR) is 76.5 cm³/mol. The summed E-state index contributed by atoms with van der Waals surface area (Å²) in [4.78, 5) is 12.0. The van der Waals surface area contributed by atoms with Crippen molar-refractivity contribution in [1.29, 1.82) is 0 Å². The van der Waals surface area contributed by atoms with Crippen LogP contribution in [0.3, 0.4) is 0 Å². The molecule has 0 saturated heterocycles. The summed E-state index contributed by atoms with van der Waals surface area (Å²) < 4.78 is 0. The van der Waals surface area contributed by atoms with Crippen molar-refractivity contribution in [2.24, 2.45) is 28.9 Å². The summed E-state index contributed by atoms with van der Waals surface area (Å²) >= 11 is 0. The largest absolute Gasteiger partial charge is 0.352 e. The van der Waals surface area contributed by atoms with E-state index in [-0.39, 0.29) is 11.9 Å². The Balaban J connectivity index is 1.69. The molecule has 4 fully saturated rings. The van der Waals surface area contributed by atoms with Gasteiger partial charge in [-0.15, -0.1) is 0 Å². The second-order valence-corrected chi connectivity index (χ2v) is 7.52. The number of rotatable bonds is 4. The number of carbonyl (C=O) groups is 1. The third kappa shape index (κ3) is 2.31. The zero-order chi connectivity index (χ0) is 13.6. The summed E-state index contributed by atoms with van der Waals surface area (Å²) in [7, 11) is 0. The highest BCUT2D eigenvalue weighted by Crippen LogP contribution is 2.61. The summed E-state index contributed by atoms with van der Waals surface area (Å²) in [6.45, 7) is 4.19. The van der Waals surface area contributed by atoms with Gasteiger partial charge in [-0.1, -0.05) is 6.92 Å². The van der Waals surface area contributed by atoms with Gasteiger partial charge in [-0.25, -0.2) is 0 Å². The van der Waals surface area contributed by atoms with Crippen LogP contribution in [0.1, 0.15) is 58.8 Å². The van der Waals surface area contributed by atoms with Crippen molar-refractivity contribution in [3.63, 3.8) is 0 Å². The van der Waals surface area contributed by atoms with Gasteiger partial charge in [0.05, 0.1) is 6.04 Å². The molecule has 1 amide bonds. The highest BCUT2D eigenvalue weighted by atomic mass is 16.2. The van der Waals surface area contributed by atoms with Gasteiger partial charge in [-0.3, -0.25) is 4.79 Å². The van der Waals surface area contributed by atoms with Crippen molar-refractivity contribution >= 4 is 5.91 Å². The maximum absolute atomic E-state index is 12.0. The molecule has 0 aromatic rings. The molecule has 0 aromatic heterocycles. The van der Waals surface area contributed by atoms with E-state index in [2.05, 4.69) is 12.2 Å². The van der Waals surface area contributed by atoms with Gasteiger partial charge in [0.15, 0.2) is 0 Å². The number of hydrogen-bond donors (Lipinski definition) is 2. The second kappa shape index (κ2) is 4.76. The monoisotopic (exact) mass is 264 g/mol. The fourth-order valence-corrected chi connectivity index (χ4v) is 5.37. The van der Waals surface area contributed by atoms with E-state index in [4.69, 9.17) is 5.73 Å². The number of hydrogen-bond acceptors (Lipinski definition) is 2. The maximum atomic E-state index is 12.0. The topological polar surface area (TPSA) is 55.1 Å². The fraction of sp³-hybridized carbons (Fsp3) is 0.938. The van der Waals surface area contributed by atoms with E-state index in [9.17, 15) is 4.79 Å². The van der Waals surface area contributed by atoms with Crippen molar-refractivity contribution in [1.82, 2.24) is 5.32 Å². The molecule has 3 N–H and O–H groups in total. The third-order valence-corrected chi connectivity index (χ3v) is 6.14. The van der Waals surface area contributed by atoms with Gasteiger partial charge in [0.25, 0.3) is 0 Å². The smallest absolute Gasteiger partial charge is 0.237 e. The van der Waals surface area contributed by atoms with Gasteiger partial charge in [-0.2, -0.15) is 0 Å². The van der Waals surface area contributed by atoms with Gasteiger partial charge >= 0.3 is 0 Å². The lowest BCUT2D eigenvalue weighted by atomic mass is 9.48. The zero-order valence-electron chi connectivity index (χ0n) is 12.3. The van der Waals surface area contributed by atoms with Crippen molar-refractivity contribution < 1.29 is 4.79 Å². The van der Waals surface area contributed by atoms with Gasteiger partial charge in [0, 0.05) is 6.04 Å². The molecular formula is C16H28N2O. The highest BCUT2D eigenvalue weighted by Gasteiger charge is 2.53. The molecule has 0 aromatic carbocycles. The maximum Gasteiger partial charge on any atom is 0.237 e. The standard InChI is InChI=1S/C16H28N2O/c1-3-14(17)15(19)18-10(2)16-7-11-4-12(8-16)6-13(5-11)9-16/h10-14H,3-9,17H2,1-2H3,(H,18,19)/t10?,11?,12?,13?,14-,16?/m1/s1. The van der Waals surface area contributed by atoms with Crippen LogP contribution in [0.4, 0.5) is 0 Å². The van der Waals surface area contributed by atoms with E-state index in [1.54, 1.807) is 0 Å². The van der Waals surface area contributed by atoms with Crippen LogP contribution >= 0.6 is 0 Å². The molecule has 3 heteroatoms. The van der Waals surface area contributed by atoms with E-state index < -0.39 is 0 Å². The summed E-state index contributed by atoms with van der Waals surface area (Å²) in [5.74, 6) is 2.85. The Morgan fingerprint density at radius 1 is 1.21 bits per heavy atom. The Morgan fingerprint density at radius 2 is 1.68 bits per heavy atom. The van der Waals surface area contributed by atoms with Crippen LogP contribution in [-0.4, -0.2) is 18.0 Å². The second-order valence-electron chi connectivity index (χ2n) is 7.52. The number of carbonyl (C=O) groups excluding carboxylic acids is 1. The first kappa shape index (κ1) is 13.4. The Bertz CT molecular complexity index is 330. The molecule has 0 heterocycles. The van der Waals surface area contributed by atoms with Crippen LogP contribution in [0.25, 0.3) is 0 Å². The lowest BCUT2D eigenvalue weighted by molar-refractivity contribution is -0.127. The molecule has 19 heavy (non-hydrogen) atoms. The normalized spacial score (nSPS) is 43.0. The van der Waals surface area contributed by atoms with Gasteiger partial charge in [-0.05, 0) is 75.0 Å². The minimum absolute atomic E-state index is 0.0470. The quantitative estimate of drug-likeness (QED) is 0.819. The summed E-state index contributed by atoms with van der Waals surface area (Å²) in [6, 6.07) is -0.0395. The first-order valence-corrected chi connectivity index (χ1v) is 8.08. The Labute approximate surface area is 116 Å². The Kier molecular flexibility index (Phi) is 3.36. The average Bonchev–Trinajstić information content (AvgIpc) is 2.36. The van der Waals surface area contributed by atoms with E-state index in [0.717, 1.165) is 24.2 Å². The molecule has 0 aliphatic heterocycles. The summed E-state index contributed by atoms with van der Waals surface area (Å²) in [6.07, 6.45) is 9.09. The van der Waals surface area contributed by atoms with Crippen LogP contribution in [-0.2, 0) is 4.79 Å². The highest BCUT2D eigenvalue weighted by molar-refractivity contribution is 5.81. The molecule has 4 bridgehead atoms. The lowest BCUT2D eigenvalue weighted by Gasteiger charge is -2.59. The first-order chi connectivity index (χ1) is 9.02. The fourth-order valence-electron chi connectivity index (χ4n) is 5.37. The van der Waals surface area contributed by atoms with Gasteiger partial charge in [0.2, 0.25) is 5.91 Å².